The Morgan fingerprint density at radius 2 is 1.47 bits per heavy atom. The van der Waals surface area contributed by atoms with Gasteiger partial charge in [0.1, 0.15) is 11.5 Å². The van der Waals surface area contributed by atoms with Gasteiger partial charge in [0, 0.05) is 41.8 Å². The smallest absolute Gasteiger partial charge is 0.170 e. The van der Waals surface area contributed by atoms with E-state index in [-0.39, 0.29) is 23.8 Å². The van der Waals surface area contributed by atoms with Crippen LogP contribution in [0.25, 0.3) is 0 Å². The molecule has 1 N–H and O–H groups in total. The van der Waals surface area contributed by atoms with E-state index in [0.29, 0.717) is 28.2 Å². The van der Waals surface area contributed by atoms with Gasteiger partial charge in [-0.1, -0.05) is 32.0 Å². The summed E-state index contributed by atoms with van der Waals surface area (Å²) >= 11 is 0. The van der Waals surface area contributed by atoms with Crippen LogP contribution in [0.15, 0.2) is 66.7 Å². The van der Waals surface area contributed by atoms with Crippen molar-refractivity contribution in [3.63, 3.8) is 0 Å². The zero-order chi connectivity index (χ0) is 23.3. The molecule has 3 aromatic carbocycles. The molecular weight excluding hydrogens is 402 g/mol. The fraction of sp³-hybridized carbons (Fsp3) is 0.222. The van der Waals surface area contributed by atoms with Crippen molar-refractivity contribution >= 4 is 23.0 Å². The SMILES string of the molecule is CCC(=O)c1cc(C(C)=O)ccc1C(=O)C(C)c1ccc(Oc2ccc(NC)cc2)cc1. The number of rotatable bonds is 9. The topological polar surface area (TPSA) is 72.5 Å². The Morgan fingerprint density at radius 3 is 2.00 bits per heavy atom. The largest absolute Gasteiger partial charge is 0.457 e. The third-order valence-electron chi connectivity index (χ3n) is 5.47. The lowest BCUT2D eigenvalue weighted by Gasteiger charge is -2.15. The van der Waals surface area contributed by atoms with E-state index in [4.69, 9.17) is 4.74 Å². The highest BCUT2D eigenvalue weighted by molar-refractivity contribution is 6.12. The van der Waals surface area contributed by atoms with Crippen LogP contribution in [0.1, 0.15) is 69.7 Å². The monoisotopic (exact) mass is 429 g/mol. The normalized spacial score (nSPS) is 11.5. The quantitative estimate of drug-likeness (QED) is 0.404. The van der Waals surface area contributed by atoms with Crippen LogP contribution in [0.2, 0.25) is 0 Å². The average molecular weight is 430 g/mol. The van der Waals surface area contributed by atoms with E-state index in [1.807, 2.05) is 62.5 Å². The van der Waals surface area contributed by atoms with Crippen LogP contribution in [-0.4, -0.2) is 24.4 Å². The molecule has 0 radical (unpaired) electrons. The molecule has 0 aromatic heterocycles. The van der Waals surface area contributed by atoms with E-state index < -0.39 is 5.92 Å². The minimum atomic E-state index is -0.453. The summed E-state index contributed by atoms with van der Waals surface area (Å²) in [5.41, 5.74) is 2.90. The molecule has 164 valence electrons. The fourth-order valence-electron chi connectivity index (χ4n) is 3.43. The number of Topliss-reactive ketones (excluding diaryl/α,β-unsaturated/α-hetero) is 3. The fourth-order valence-corrected chi connectivity index (χ4v) is 3.43. The summed E-state index contributed by atoms with van der Waals surface area (Å²) in [5, 5.41) is 3.06. The maximum atomic E-state index is 13.2. The Hall–Kier alpha value is -3.73. The van der Waals surface area contributed by atoms with Crippen LogP contribution in [0, 0.1) is 0 Å². The highest BCUT2D eigenvalue weighted by Gasteiger charge is 2.23. The average Bonchev–Trinajstić information content (AvgIpc) is 2.83. The van der Waals surface area contributed by atoms with E-state index in [9.17, 15) is 14.4 Å². The molecule has 1 unspecified atom stereocenters. The van der Waals surface area contributed by atoms with Gasteiger partial charge in [-0.25, -0.2) is 0 Å². The number of hydrogen-bond donors (Lipinski definition) is 1. The molecule has 3 rings (SSSR count). The van der Waals surface area contributed by atoms with Crippen LogP contribution in [-0.2, 0) is 0 Å². The van der Waals surface area contributed by atoms with Gasteiger partial charge in [-0.3, -0.25) is 14.4 Å². The van der Waals surface area contributed by atoms with E-state index in [1.54, 1.807) is 19.1 Å². The molecule has 0 amide bonds. The molecule has 0 fully saturated rings. The van der Waals surface area contributed by atoms with Gasteiger partial charge in [0.2, 0.25) is 0 Å². The molecule has 0 spiro atoms. The number of benzene rings is 3. The number of carbonyl (C=O) groups is 3. The van der Waals surface area contributed by atoms with Gasteiger partial charge in [0.05, 0.1) is 0 Å². The first-order chi connectivity index (χ1) is 15.3. The van der Waals surface area contributed by atoms with Crippen LogP contribution < -0.4 is 10.1 Å². The molecular formula is C27H27NO4. The molecule has 0 aliphatic rings. The number of anilines is 1. The van der Waals surface area contributed by atoms with Crippen LogP contribution in [0.4, 0.5) is 5.69 Å². The Balaban J connectivity index is 1.81. The van der Waals surface area contributed by atoms with Crippen molar-refractivity contribution in [2.24, 2.45) is 0 Å². The highest BCUT2D eigenvalue weighted by atomic mass is 16.5. The van der Waals surface area contributed by atoms with Gasteiger partial charge in [-0.15, -0.1) is 0 Å². The number of nitrogens with one attached hydrogen (secondary N) is 1. The van der Waals surface area contributed by atoms with Gasteiger partial charge < -0.3 is 10.1 Å². The van der Waals surface area contributed by atoms with E-state index >= 15 is 0 Å². The van der Waals surface area contributed by atoms with Crippen molar-refractivity contribution in [2.75, 3.05) is 12.4 Å². The van der Waals surface area contributed by atoms with Gasteiger partial charge in [-0.05, 0) is 61.0 Å². The molecule has 5 heteroatoms. The zero-order valence-corrected chi connectivity index (χ0v) is 18.8. The lowest BCUT2D eigenvalue weighted by atomic mass is 9.87. The molecule has 0 saturated heterocycles. The summed E-state index contributed by atoms with van der Waals surface area (Å²) in [5.74, 6) is 0.473. The first kappa shape index (κ1) is 22.9. The van der Waals surface area contributed by atoms with Crippen molar-refractivity contribution in [2.45, 2.75) is 33.1 Å². The summed E-state index contributed by atoms with van der Waals surface area (Å²) in [6, 6.07) is 19.7. The van der Waals surface area contributed by atoms with Gasteiger partial charge in [0.15, 0.2) is 17.3 Å². The molecule has 1 atom stereocenters. The summed E-state index contributed by atoms with van der Waals surface area (Å²) in [6.07, 6.45) is 0.261. The highest BCUT2D eigenvalue weighted by Crippen LogP contribution is 2.28. The second-order valence-corrected chi connectivity index (χ2v) is 7.62. The number of carbonyl (C=O) groups excluding carboxylic acids is 3. The molecule has 0 heterocycles. The Labute approximate surface area is 188 Å². The van der Waals surface area contributed by atoms with Gasteiger partial charge in [0.25, 0.3) is 0 Å². The standard InChI is InChI=1S/C27H27NO4/c1-5-26(30)25-16-20(18(3)29)8-15-24(25)27(31)17(2)19-6-11-22(12-7-19)32-23-13-9-21(28-4)10-14-23/h6-17,28H,5H2,1-4H3. The Kier molecular flexibility index (Phi) is 7.21. The Morgan fingerprint density at radius 1 is 0.875 bits per heavy atom. The first-order valence-electron chi connectivity index (χ1n) is 10.6. The summed E-state index contributed by atoms with van der Waals surface area (Å²) < 4.78 is 5.87. The minimum Gasteiger partial charge on any atom is -0.457 e. The number of ketones is 3. The van der Waals surface area contributed by atoms with Crippen LogP contribution >= 0.6 is 0 Å². The van der Waals surface area contributed by atoms with Crippen molar-refractivity contribution < 1.29 is 19.1 Å². The van der Waals surface area contributed by atoms with Crippen molar-refractivity contribution in [3.05, 3.63) is 89.0 Å². The van der Waals surface area contributed by atoms with Crippen molar-refractivity contribution in [3.8, 4) is 11.5 Å². The summed E-state index contributed by atoms with van der Waals surface area (Å²) in [4.78, 5) is 37.4. The van der Waals surface area contributed by atoms with E-state index in [1.165, 1.54) is 13.0 Å². The summed E-state index contributed by atoms with van der Waals surface area (Å²) in [6.45, 7) is 5.00. The second-order valence-electron chi connectivity index (χ2n) is 7.62. The minimum absolute atomic E-state index is 0.140. The van der Waals surface area contributed by atoms with Gasteiger partial charge in [-0.2, -0.15) is 0 Å². The predicted molar refractivity (Wildman–Crippen MR) is 126 cm³/mol. The van der Waals surface area contributed by atoms with Gasteiger partial charge >= 0.3 is 0 Å². The van der Waals surface area contributed by atoms with E-state index in [0.717, 1.165) is 11.3 Å². The van der Waals surface area contributed by atoms with Crippen LogP contribution in [0.5, 0.6) is 11.5 Å². The molecule has 0 aliphatic carbocycles. The lowest BCUT2D eigenvalue weighted by molar-refractivity contribution is 0.0941. The number of hydrogen-bond acceptors (Lipinski definition) is 5. The van der Waals surface area contributed by atoms with Crippen molar-refractivity contribution in [1.82, 2.24) is 0 Å². The molecule has 3 aromatic rings. The van der Waals surface area contributed by atoms with Crippen molar-refractivity contribution in [1.29, 1.82) is 0 Å². The molecule has 32 heavy (non-hydrogen) atoms. The zero-order valence-electron chi connectivity index (χ0n) is 18.8. The van der Waals surface area contributed by atoms with E-state index in [2.05, 4.69) is 5.32 Å². The third kappa shape index (κ3) is 5.11. The molecule has 5 nitrogen and oxygen atoms in total. The third-order valence-corrected chi connectivity index (χ3v) is 5.47. The first-order valence-corrected chi connectivity index (χ1v) is 10.6. The molecule has 0 aliphatic heterocycles. The predicted octanol–water partition coefficient (Wildman–Crippen LogP) is 6.30. The maximum Gasteiger partial charge on any atom is 0.170 e. The lowest BCUT2D eigenvalue weighted by Crippen LogP contribution is -2.15. The molecule has 0 bridgehead atoms. The second kappa shape index (κ2) is 10.1. The number of ether oxygens (including phenoxy) is 1. The maximum absolute atomic E-state index is 13.2. The Bertz CT molecular complexity index is 1130. The molecule has 0 saturated carbocycles. The summed E-state index contributed by atoms with van der Waals surface area (Å²) in [7, 11) is 1.86. The van der Waals surface area contributed by atoms with Crippen LogP contribution in [0.3, 0.4) is 0 Å².